The molecule has 2 aromatic rings. The van der Waals surface area contributed by atoms with E-state index in [-0.39, 0.29) is 29.1 Å². The molecular formula is C22H26N4O5. The Morgan fingerprint density at radius 1 is 1.26 bits per heavy atom. The molecule has 1 fully saturated rings. The van der Waals surface area contributed by atoms with Crippen LogP contribution in [-0.2, 0) is 9.47 Å². The maximum absolute atomic E-state index is 12.3. The smallest absolute Gasteiger partial charge is 0.410 e. The number of nitrogens with two attached hydrogens (primary N) is 1. The molecule has 0 aliphatic carbocycles. The molecule has 1 atom stereocenters. The van der Waals surface area contributed by atoms with Crippen LogP contribution >= 0.6 is 0 Å². The van der Waals surface area contributed by atoms with Crippen LogP contribution in [0.5, 0.6) is 5.75 Å². The molecule has 9 heteroatoms. The monoisotopic (exact) mass is 426 g/mol. The minimum absolute atomic E-state index is 0.0427. The number of rotatable bonds is 4. The molecule has 31 heavy (non-hydrogen) atoms. The van der Waals surface area contributed by atoms with E-state index in [0.29, 0.717) is 30.9 Å². The van der Waals surface area contributed by atoms with E-state index >= 15 is 0 Å². The summed E-state index contributed by atoms with van der Waals surface area (Å²) in [6.07, 6.45) is 1.48. The minimum Gasteiger partial charge on any atom is -0.486 e. The number of nitrogen functional groups attached to an aromatic ring is 1. The molecule has 1 aliphatic heterocycles. The van der Waals surface area contributed by atoms with Gasteiger partial charge in [-0.15, -0.1) is 0 Å². The van der Waals surface area contributed by atoms with Gasteiger partial charge in [-0.2, -0.15) is 5.26 Å². The Hall–Kier alpha value is -3.67. The molecular weight excluding hydrogens is 400 g/mol. The zero-order valence-electron chi connectivity index (χ0n) is 18.0. The van der Waals surface area contributed by atoms with E-state index in [2.05, 4.69) is 0 Å². The number of methoxy groups -OCH3 is 1. The third-order valence-electron chi connectivity index (χ3n) is 4.76. The van der Waals surface area contributed by atoms with Gasteiger partial charge in [-0.3, -0.25) is 0 Å². The van der Waals surface area contributed by atoms with E-state index in [1.165, 1.54) is 17.9 Å². The van der Waals surface area contributed by atoms with E-state index < -0.39 is 11.6 Å². The lowest BCUT2D eigenvalue weighted by atomic mass is 10.2. The van der Waals surface area contributed by atoms with E-state index in [4.69, 9.17) is 19.9 Å². The number of nitrogens with zero attached hydrogens (tertiary/aromatic N) is 3. The molecule has 1 saturated heterocycles. The number of anilines is 1. The first-order chi connectivity index (χ1) is 14.6. The summed E-state index contributed by atoms with van der Waals surface area (Å²) in [4.78, 5) is 26.2. The standard InChI is InChI=1S/C22H26N4O5/c1-22(2,3)31-21(28)25-10-9-15(13-25)30-17-8-6-5-7-16(17)26-12-14(11-23)18(24)19(26)20(27)29-4/h5-8,12,15H,9-10,13,24H2,1-4H3. The molecule has 3 rings (SSSR count). The van der Waals surface area contributed by atoms with Crippen LogP contribution in [0.2, 0.25) is 0 Å². The SMILES string of the molecule is COC(=O)c1c(N)c(C#N)cn1-c1ccccc1OC1CCN(C(=O)OC(C)(C)C)C1. The predicted octanol–water partition coefficient (Wildman–Crippen LogP) is 3.11. The Labute approximate surface area is 180 Å². The summed E-state index contributed by atoms with van der Waals surface area (Å²) in [7, 11) is 1.25. The quantitative estimate of drug-likeness (QED) is 0.746. The van der Waals surface area contributed by atoms with Crippen molar-refractivity contribution in [2.24, 2.45) is 0 Å². The summed E-state index contributed by atoms with van der Waals surface area (Å²) in [5.41, 5.74) is 6.22. The second-order valence-electron chi connectivity index (χ2n) is 8.20. The Morgan fingerprint density at radius 3 is 2.61 bits per heavy atom. The van der Waals surface area contributed by atoms with E-state index in [1.54, 1.807) is 29.2 Å². The predicted molar refractivity (Wildman–Crippen MR) is 113 cm³/mol. The van der Waals surface area contributed by atoms with Crippen molar-refractivity contribution in [3.8, 4) is 17.5 Å². The zero-order valence-corrected chi connectivity index (χ0v) is 18.0. The summed E-state index contributed by atoms with van der Waals surface area (Å²) in [6.45, 7) is 6.36. The summed E-state index contributed by atoms with van der Waals surface area (Å²) in [6, 6.07) is 9.08. The highest BCUT2D eigenvalue weighted by Gasteiger charge is 2.31. The van der Waals surface area contributed by atoms with Crippen molar-refractivity contribution in [1.82, 2.24) is 9.47 Å². The normalized spacial score (nSPS) is 16.0. The number of carbonyl (C=O) groups is 2. The second kappa shape index (κ2) is 8.60. The Bertz CT molecular complexity index is 1030. The molecule has 2 N–H and O–H groups in total. The molecule has 1 aromatic carbocycles. The summed E-state index contributed by atoms with van der Waals surface area (Å²) in [5, 5.41) is 9.34. The largest absolute Gasteiger partial charge is 0.486 e. The number of para-hydroxylation sites is 2. The number of likely N-dealkylation sites (tertiary alicyclic amines) is 1. The van der Waals surface area contributed by atoms with Gasteiger partial charge in [0, 0.05) is 19.2 Å². The zero-order chi connectivity index (χ0) is 22.8. The first-order valence-electron chi connectivity index (χ1n) is 9.87. The fraction of sp³-hybridized carbons (Fsp3) is 0.409. The number of nitriles is 1. The van der Waals surface area contributed by atoms with Crippen LogP contribution in [0, 0.1) is 11.3 Å². The average Bonchev–Trinajstić information content (AvgIpc) is 3.31. The highest BCUT2D eigenvalue weighted by molar-refractivity contribution is 5.96. The van der Waals surface area contributed by atoms with Gasteiger partial charge < -0.3 is 29.4 Å². The number of amides is 1. The van der Waals surface area contributed by atoms with Crippen molar-refractivity contribution in [2.45, 2.75) is 38.9 Å². The fourth-order valence-electron chi connectivity index (χ4n) is 3.36. The van der Waals surface area contributed by atoms with Gasteiger partial charge >= 0.3 is 12.1 Å². The maximum atomic E-state index is 12.3. The molecule has 1 amide bonds. The number of hydrogen-bond donors (Lipinski definition) is 1. The lowest BCUT2D eigenvalue weighted by Crippen LogP contribution is -2.36. The van der Waals surface area contributed by atoms with Crippen molar-refractivity contribution in [3.63, 3.8) is 0 Å². The number of esters is 1. The summed E-state index contributed by atoms with van der Waals surface area (Å²) < 4.78 is 17.9. The highest BCUT2D eigenvalue weighted by Crippen LogP contribution is 2.31. The average molecular weight is 426 g/mol. The molecule has 2 heterocycles. The first kappa shape index (κ1) is 22.0. The molecule has 0 radical (unpaired) electrons. The van der Waals surface area contributed by atoms with Gasteiger partial charge in [0.1, 0.15) is 23.5 Å². The van der Waals surface area contributed by atoms with Crippen molar-refractivity contribution >= 4 is 17.7 Å². The fourth-order valence-corrected chi connectivity index (χ4v) is 3.36. The Kier molecular flexibility index (Phi) is 6.11. The van der Waals surface area contributed by atoms with Crippen LogP contribution in [-0.4, -0.2) is 53.4 Å². The van der Waals surface area contributed by atoms with Crippen LogP contribution in [0.3, 0.4) is 0 Å². The van der Waals surface area contributed by atoms with Crippen molar-refractivity contribution in [1.29, 1.82) is 5.26 Å². The molecule has 9 nitrogen and oxygen atoms in total. The molecule has 0 spiro atoms. The first-order valence-corrected chi connectivity index (χ1v) is 9.87. The van der Waals surface area contributed by atoms with Crippen molar-refractivity contribution in [2.75, 3.05) is 25.9 Å². The number of ether oxygens (including phenoxy) is 3. The summed E-state index contributed by atoms with van der Waals surface area (Å²) in [5.74, 6) is -0.172. The molecule has 1 aromatic heterocycles. The number of hydrogen-bond acceptors (Lipinski definition) is 7. The molecule has 0 saturated carbocycles. The van der Waals surface area contributed by atoms with E-state index in [0.717, 1.165) is 0 Å². The van der Waals surface area contributed by atoms with Crippen molar-refractivity contribution in [3.05, 3.63) is 41.7 Å². The number of benzene rings is 1. The van der Waals surface area contributed by atoms with Crippen LogP contribution < -0.4 is 10.5 Å². The molecule has 1 unspecified atom stereocenters. The molecule has 1 aliphatic rings. The third-order valence-corrected chi connectivity index (χ3v) is 4.76. The number of carbonyl (C=O) groups excluding carboxylic acids is 2. The van der Waals surface area contributed by atoms with Crippen LogP contribution in [0.1, 0.15) is 43.2 Å². The summed E-state index contributed by atoms with van der Waals surface area (Å²) >= 11 is 0. The van der Waals surface area contributed by atoms with E-state index in [1.807, 2.05) is 26.8 Å². The van der Waals surface area contributed by atoms with Crippen molar-refractivity contribution < 1.29 is 23.8 Å². The highest BCUT2D eigenvalue weighted by atomic mass is 16.6. The van der Waals surface area contributed by atoms with Crippen LogP contribution in [0.15, 0.2) is 30.5 Å². The van der Waals surface area contributed by atoms with Gasteiger partial charge in [0.05, 0.1) is 30.6 Å². The molecule has 164 valence electrons. The van der Waals surface area contributed by atoms with Gasteiger partial charge in [-0.1, -0.05) is 12.1 Å². The minimum atomic E-state index is -0.661. The van der Waals surface area contributed by atoms with Crippen LogP contribution in [0.25, 0.3) is 5.69 Å². The number of aromatic nitrogens is 1. The van der Waals surface area contributed by atoms with Crippen LogP contribution in [0.4, 0.5) is 10.5 Å². The molecule has 0 bridgehead atoms. The van der Waals surface area contributed by atoms with Gasteiger partial charge in [-0.25, -0.2) is 9.59 Å². The Balaban J connectivity index is 1.86. The van der Waals surface area contributed by atoms with Gasteiger partial charge in [0.2, 0.25) is 0 Å². The topological polar surface area (TPSA) is 120 Å². The van der Waals surface area contributed by atoms with Gasteiger partial charge in [0.25, 0.3) is 0 Å². The van der Waals surface area contributed by atoms with Gasteiger partial charge in [0.15, 0.2) is 5.69 Å². The maximum Gasteiger partial charge on any atom is 0.410 e. The third kappa shape index (κ3) is 4.74. The Morgan fingerprint density at radius 2 is 1.97 bits per heavy atom. The van der Waals surface area contributed by atoms with E-state index in [9.17, 15) is 14.9 Å². The lowest BCUT2D eigenvalue weighted by Gasteiger charge is -2.24. The van der Waals surface area contributed by atoms with Gasteiger partial charge in [-0.05, 0) is 32.9 Å². The lowest BCUT2D eigenvalue weighted by molar-refractivity contribution is 0.0275. The second-order valence-corrected chi connectivity index (χ2v) is 8.20.